The minimum atomic E-state index is 0.412. The van der Waals surface area contributed by atoms with Crippen LogP contribution in [0.1, 0.15) is 19.3 Å². The average molecular weight is 298 g/mol. The Morgan fingerprint density at radius 3 is 2.79 bits per heavy atom. The Labute approximate surface area is 120 Å². The van der Waals surface area contributed by atoms with Crippen molar-refractivity contribution in [3.05, 3.63) is 22.2 Å². The fourth-order valence-electron chi connectivity index (χ4n) is 2.21. The Kier molecular flexibility index (Phi) is 3.33. The second kappa shape index (κ2) is 4.98. The van der Waals surface area contributed by atoms with Crippen molar-refractivity contribution in [3.8, 4) is 11.4 Å². The van der Waals surface area contributed by atoms with Gasteiger partial charge in [-0.15, -0.1) is 5.10 Å². The number of nitrogen functional groups attached to an aromatic ring is 1. The molecule has 0 radical (unpaired) electrons. The van der Waals surface area contributed by atoms with Gasteiger partial charge in [-0.2, -0.15) is 0 Å². The van der Waals surface area contributed by atoms with Gasteiger partial charge in [0.15, 0.2) is 5.82 Å². The van der Waals surface area contributed by atoms with Crippen molar-refractivity contribution in [3.63, 3.8) is 0 Å². The third-order valence-electron chi connectivity index (χ3n) is 3.48. The Hall–Kier alpha value is -1.33. The van der Waals surface area contributed by atoms with Crippen LogP contribution in [0, 0.1) is 5.92 Å². The molecule has 0 atom stereocenters. The Morgan fingerprint density at radius 1 is 1.32 bits per heavy atom. The molecule has 0 unspecified atom stereocenters. The highest BCUT2D eigenvalue weighted by molar-refractivity contribution is 6.43. The molecule has 100 valence electrons. The van der Waals surface area contributed by atoms with Crippen molar-refractivity contribution in [2.75, 3.05) is 5.73 Å². The number of nitrogens with zero attached hydrogens (tertiary/aromatic N) is 4. The van der Waals surface area contributed by atoms with Crippen LogP contribution in [-0.4, -0.2) is 20.2 Å². The fraction of sp³-hybridized carbons (Fsp3) is 0.417. The predicted octanol–water partition coefficient (Wildman–Crippen LogP) is 3.03. The first-order valence-corrected chi connectivity index (χ1v) is 6.92. The normalized spacial score (nSPS) is 15.5. The zero-order valence-corrected chi connectivity index (χ0v) is 11.7. The number of tetrazole rings is 1. The number of aromatic nitrogens is 4. The summed E-state index contributed by atoms with van der Waals surface area (Å²) in [4.78, 5) is 0. The largest absolute Gasteiger partial charge is 0.399 e. The van der Waals surface area contributed by atoms with Crippen LogP contribution in [0.15, 0.2) is 12.1 Å². The van der Waals surface area contributed by atoms with Gasteiger partial charge in [0.1, 0.15) is 0 Å². The van der Waals surface area contributed by atoms with Crippen molar-refractivity contribution < 1.29 is 0 Å². The van der Waals surface area contributed by atoms with Gasteiger partial charge in [0.2, 0.25) is 0 Å². The summed E-state index contributed by atoms with van der Waals surface area (Å²) in [5, 5.41) is 12.6. The monoisotopic (exact) mass is 297 g/mol. The molecule has 0 saturated heterocycles. The van der Waals surface area contributed by atoms with Gasteiger partial charge in [-0.05, 0) is 41.3 Å². The molecule has 3 rings (SSSR count). The van der Waals surface area contributed by atoms with E-state index in [-0.39, 0.29) is 0 Å². The van der Waals surface area contributed by atoms with Gasteiger partial charge >= 0.3 is 0 Å². The Balaban J connectivity index is 1.99. The van der Waals surface area contributed by atoms with E-state index in [1.165, 1.54) is 19.3 Å². The summed E-state index contributed by atoms with van der Waals surface area (Å²) in [6.45, 7) is 0.811. The number of hydrogen-bond donors (Lipinski definition) is 1. The lowest BCUT2D eigenvalue weighted by Crippen LogP contribution is -2.19. The number of benzene rings is 1. The topological polar surface area (TPSA) is 69.6 Å². The van der Waals surface area contributed by atoms with Gasteiger partial charge < -0.3 is 5.73 Å². The maximum absolute atomic E-state index is 6.22. The highest BCUT2D eigenvalue weighted by Gasteiger charge is 2.22. The van der Waals surface area contributed by atoms with Crippen molar-refractivity contribution in [1.29, 1.82) is 0 Å². The number of hydrogen-bond acceptors (Lipinski definition) is 4. The highest BCUT2D eigenvalue weighted by Crippen LogP contribution is 2.35. The molecule has 0 amide bonds. The molecule has 2 N–H and O–H groups in total. The summed E-state index contributed by atoms with van der Waals surface area (Å²) in [6.07, 6.45) is 3.74. The minimum absolute atomic E-state index is 0.412. The van der Waals surface area contributed by atoms with Crippen LogP contribution in [0.5, 0.6) is 0 Å². The molecule has 1 saturated carbocycles. The van der Waals surface area contributed by atoms with Crippen molar-refractivity contribution in [1.82, 2.24) is 20.2 Å². The molecule has 0 bridgehead atoms. The van der Waals surface area contributed by atoms with E-state index < -0.39 is 0 Å². The zero-order valence-electron chi connectivity index (χ0n) is 10.2. The Morgan fingerprint density at radius 2 is 2.11 bits per heavy atom. The second-order valence-corrected chi connectivity index (χ2v) is 5.63. The fourth-order valence-corrected chi connectivity index (χ4v) is 2.63. The van der Waals surface area contributed by atoms with E-state index in [0.29, 0.717) is 33.0 Å². The Bertz CT molecular complexity index is 606. The van der Waals surface area contributed by atoms with Gasteiger partial charge in [0.05, 0.1) is 10.0 Å². The number of anilines is 1. The lowest BCUT2D eigenvalue weighted by Gasteiger charge is -2.25. The number of halogens is 2. The molecule has 1 aliphatic carbocycles. The van der Waals surface area contributed by atoms with Crippen molar-refractivity contribution in [2.45, 2.75) is 25.8 Å². The van der Waals surface area contributed by atoms with Gasteiger partial charge in [-0.1, -0.05) is 29.6 Å². The van der Waals surface area contributed by atoms with Gasteiger partial charge in [0.25, 0.3) is 0 Å². The summed E-state index contributed by atoms with van der Waals surface area (Å²) in [6, 6.07) is 3.37. The molecule has 1 aliphatic rings. The summed E-state index contributed by atoms with van der Waals surface area (Å²) < 4.78 is 1.78. The second-order valence-electron chi connectivity index (χ2n) is 4.85. The van der Waals surface area contributed by atoms with Crippen LogP contribution in [-0.2, 0) is 6.54 Å². The minimum Gasteiger partial charge on any atom is -0.399 e. The van der Waals surface area contributed by atoms with E-state index in [9.17, 15) is 0 Å². The molecular weight excluding hydrogens is 285 g/mol. The maximum Gasteiger partial charge on any atom is 0.183 e. The lowest BCUT2D eigenvalue weighted by atomic mass is 9.85. The molecule has 7 heteroatoms. The maximum atomic E-state index is 6.22. The van der Waals surface area contributed by atoms with E-state index in [1.807, 2.05) is 0 Å². The molecule has 0 aliphatic heterocycles. The molecular formula is C12H13Cl2N5. The van der Waals surface area contributed by atoms with Crippen LogP contribution in [0.25, 0.3) is 11.4 Å². The molecule has 1 aromatic carbocycles. The molecule has 19 heavy (non-hydrogen) atoms. The summed E-state index contributed by atoms with van der Waals surface area (Å²) in [5.41, 5.74) is 7.02. The third kappa shape index (κ3) is 2.40. The van der Waals surface area contributed by atoms with Crippen LogP contribution in [0.4, 0.5) is 5.69 Å². The average Bonchev–Trinajstić information content (AvgIpc) is 2.76. The van der Waals surface area contributed by atoms with Crippen LogP contribution in [0.2, 0.25) is 10.0 Å². The van der Waals surface area contributed by atoms with E-state index in [1.54, 1.807) is 16.8 Å². The molecule has 1 heterocycles. The highest BCUT2D eigenvalue weighted by atomic mass is 35.5. The van der Waals surface area contributed by atoms with Crippen LogP contribution in [0.3, 0.4) is 0 Å². The first-order chi connectivity index (χ1) is 9.15. The van der Waals surface area contributed by atoms with Gasteiger partial charge in [0, 0.05) is 17.8 Å². The zero-order chi connectivity index (χ0) is 13.4. The number of nitrogens with two attached hydrogens (primary N) is 1. The first-order valence-electron chi connectivity index (χ1n) is 6.16. The number of rotatable bonds is 3. The molecule has 1 aromatic heterocycles. The van der Waals surface area contributed by atoms with E-state index in [2.05, 4.69) is 15.5 Å². The first kappa shape index (κ1) is 12.7. The van der Waals surface area contributed by atoms with Gasteiger partial charge in [-0.25, -0.2) is 4.68 Å². The van der Waals surface area contributed by atoms with E-state index >= 15 is 0 Å². The lowest BCUT2D eigenvalue weighted by molar-refractivity contribution is 0.265. The molecule has 2 aromatic rings. The van der Waals surface area contributed by atoms with E-state index in [4.69, 9.17) is 28.9 Å². The summed E-state index contributed by atoms with van der Waals surface area (Å²) >= 11 is 12.3. The van der Waals surface area contributed by atoms with Crippen LogP contribution >= 0.6 is 23.2 Å². The van der Waals surface area contributed by atoms with Crippen molar-refractivity contribution in [2.24, 2.45) is 5.92 Å². The van der Waals surface area contributed by atoms with Gasteiger partial charge in [-0.3, -0.25) is 0 Å². The predicted molar refractivity (Wildman–Crippen MR) is 75.0 cm³/mol. The standard InChI is InChI=1S/C12H13Cl2N5/c13-10-5-8(15)4-9(11(10)14)12-16-17-18-19(12)6-7-2-1-3-7/h4-5,7H,1-3,6,15H2. The van der Waals surface area contributed by atoms with E-state index in [0.717, 1.165) is 6.54 Å². The molecule has 1 fully saturated rings. The quantitative estimate of drug-likeness (QED) is 0.884. The molecule has 5 nitrogen and oxygen atoms in total. The SMILES string of the molecule is Nc1cc(Cl)c(Cl)c(-c2nnnn2CC2CCC2)c1. The summed E-state index contributed by atoms with van der Waals surface area (Å²) in [7, 11) is 0. The van der Waals surface area contributed by atoms with Crippen molar-refractivity contribution >= 4 is 28.9 Å². The van der Waals surface area contributed by atoms with Crippen LogP contribution < -0.4 is 5.73 Å². The summed E-state index contributed by atoms with van der Waals surface area (Å²) in [5.74, 6) is 1.27. The third-order valence-corrected chi connectivity index (χ3v) is 4.28. The smallest absolute Gasteiger partial charge is 0.183 e. The molecule has 0 spiro atoms.